The molecule has 5 nitrogen and oxygen atoms in total. The number of carbonyl (C=O) groups is 1. The lowest BCUT2D eigenvalue weighted by atomic mass is 10.1. The highest BCUT2D eigenvalue weighted by Crippen LogP contribution is 2.13. The van der Waals surface area contributed by atoms with Crippen molar-refractivity contribution in [2.24, 2.45) is 0 Å². The first-order valence-electron chi connectivity index (χ1n) is 6.92. The summed E-state index contributed by atoms with van der Waals surface area (Å²) in [5.74, 6) is -0.0298. The molecule has 20 heavy (non-hydrogen) atoms. The molecule has 1 atom stereocenters. The van der Waals surface area contributed by atoms with E-state index < -0.39 is 0 Å². The van der Waals surface area contributed by atoms with Gasteiger partial charge in [0.2, 0.25) is 0 Å². The van der Waals surface area contributed by atoms with Gasteiger partial charge >= 0.3 is 0 Å². The summed E-state index contributed by atoms with van der Waals surface area (Å²) >= 11 is 0. The smallest absolute Gasteiger partial charge is 0.251 e. The molecule has 1 aromatic carbocycles. The zero-order chi connectivity index (χ0) is 13.9. The molecule has 1 aliphatic heterocycles. The Balaban J connectivity index is 1.75. The predicted octanol–water partition coefficient (Wildman–Crippen LogP) is 1.45. The van der Waals surface area contributed by atoms with E-state index in [0.717, 1.165) is 37.0 Å². The maximum absolute atomic E-state index is 12.3. The van der Waals surface area contributed by atoms with Gasteiger partial charge < -0.3 is 10.2 Å². The SMILES string of the molecule is CN1CCC[C@@H](NC(=O)c2ccc3nccnc3c2)C1. The van der Waals surface area contributed by atoms with E-state index in [0.29, 0.717) is 5.56 Å². The molecule has 0 radical (unpaired) electrons. The molecular weight excluding hydrogens is 252 g/mol. The Morgan fingerprint density at radius 1 is 1.30 bits per heavy atom. The van der Waals surface area contributed by atoms with E-state index in [1.165, 1.54) is 0 Å². The number of fused-ring (bicyclic) bond motifs is 1. The Labute approximate surface area is 118 Å². The second-order valence-electron chi connectivity index (χ2n) is 5.33. The molecule has 104 valence electrons. The fraction of sp³-hybridized carbons (Fsp3) is 0.400. The topological polar surface area (TPSA) is 58.1 Å². The largest absolute Gasteiger partial charge is 0.348 e. The third-order valence-corrected chi connectivity index (χ3v) is 3.69. The number of piperidine rings is 1. The summed E-state index contributed by atoms with van der Waals surface area (Å²) in [6.45, 7) is 2.02. The lowest BCUT2D eigenvalue weighted by Gasteiger charge is -2.30. The molecular formula is C15H18N4O. The van der Waals surface area contributed by atoms with Crippen molar-refractivity contribution in [1.82, 2.24) is 20.2 Å². The van der Waals surface area contributed by atoms with Crippen molar-refractivity contribution in [2.75, 3.05) is 20.1 Å². The summed E-state index contributed by atoms with van der Waals surface area (Å²) in [6, 6.07) is 5.67. The third kappa shape index (κ3) is 2.77. The Morgan fingerprint density at radius 2 is 2.10 bits per heavy atom. The van der Waals surface area contributed by atoms with Gasteiger partial charge in [0, 0.05) is 30.5 Å². The van der Waals surface area contributed by atoms with E-state index in [-0.39, 0.29) is 11.9 Å². The van der Waals surface area contributed by atoms with Gasteiger partial charge in [-0.15, -0.1) is 0 Å². The molecule has 1 aromatic heterocycles. The number of benzene rings is 1. The molecule has 0 saturated carbocycles. The van der Waals surface area contributed by atoms with Crippen LogP contribution in [0.2, 0.25) is 0 Å². The summed E-state index contributed by atoms with van der Waals surface area (Å²) in [7, 11) is 2.09. The monoisotopic (exact) mass is 270 g/mol. The minimum absolute atomic E-state index is 0.0298. The summed E-state index contributed by atoms with van der Waals surface area (Å²) in [6.07, 6.45) is 5.47. The maximum Gasteiger partial charge on any atom is 0.251 e. The van der Waals surface area contributed by atoms with Gasteiger partial charge in [-0.25, -0.2) is 0 Å². The van der Waals surface area contributed by atoms with Crippen molar-refractivity contribution >= 4 is 16.9 Å². The van der Waals surface area contributed by atoms with E-state index in [9.17, 15) is 4.79 Å². The number of amides is 1. The van der Waals surface area contributed by atoms with E-state index in [1.807, 2.05) is 6.07 Å². The standard InChI is InChI=1S/C15H18N4O/c1-19-8-2-3-12(10-19)18-15(20)11-4-5-13-14(9-11)17-7-6-16-13/h4-7,9,12H,2-3,8,10H2,1H3,(H,18,20)/t12-/m1/s1. The summed E-state index contributed by atoms with van der Waals surface area (Å²) in [5.41, 5.74) is 2.20. The van der Waals surface area contributed by atoms with E-state index in [4.69, 9.17) is 0 Å². The van der Waals surface area contributed by atoms with Crippen molar-refractivity contribution < 1.29 is 4.79 Å². The van der Waals surface area contributed by atoms with Crippen LogP contribution >= 0.6 is 0 Å². The number of likely N-dealkylation sites (N-methyl/N-ethyl adjacent to an activating group) is 1. The highest BCUT2D eigenvalue weighted by Gasteiger charge is 2.19. The van der Waals surface area contributed by atoms with Crippen molar-refractivity contribution in [3.05, 3.63) is 36.2 Å². The zero-order valence-electron chi connectivity index (χ0n) is 11.5. The zero-order valence-corrected chi connectivity index (χ0v) is 11.5. The first-order chi connectivity index (χ1) is 9.72. The molecule has 0 bridgehead atoms. The average Bonchev–Trinajstić information content (AvgIpc) is 2.47. The van der Waals surface area contributed by atoms with Gasteiger partial charge in [-0.05, 0) is 44.6 Å². The lowest BCUT2D eigenvalue weighted by Crippen LogP contribution is -2.46. The molecule has 2 aromatic rings. The molecule has 1 N–H and O–H groups in total. The molecule has 1 aliphatic rings. The van der Waals surface area contributed by atoms with Gasteiger partial charge in [0.15, 0.2) is 0 Å². The van der Waals surface area contributed by atoms with Crippen LogP contribution in [0, 0.1) is 0 Å². The van der Waals surface area contributed by atoms with E-state index in [2.05, 4.69) is 27.2 Å². The minimum Gasteiger partial charge on any atom is -0.348 e. The summed E-state index contributed by atoms with van der Waals surface area (Å²) in [5, 5.41) is 3.10. The lowest BCUT2D eigenvalue weighted by molar-refractivity contribution is 0.0912. The number of carbonyl (C=O) groups excluding carboxylic acids is 1. The van der Waals surface area contributed by atoms with Crippen molar-refractivity contribution in [1.29, 1.82) is 0 Å². The van der Waals surface area contributed by atoms with Gasteiger partial charge in [0.05, 0.1) is 11.0 Å². The molecule has 0 aliphatic carbocycles. The minimum atomic E-state index is -0.0298. The second-order valence-corrected chi connectivity index (χ2v) is 5.33. The van der Waals surface area contributed by atoms with Crippen LogP contribution in [0.25, 0.3) is 11.0 Å². The fourth-order valence-corrected chi connectivity index (χ4v) is 2.66. The highest BCUT2D eigenvalue weighted by molar-refractivity contribution is 5.97. The number of likely N-dealkylation sites (tertiary alicyclic amines) is 1. The van der Waals surface area contributed by atoms with Crippen LogP contribution in [0.5, 0.6) is 0 Å². The number of hydrogen-bond acceptors (Lipinski definition) is 4. The second kappa shape index (κ2) is 5.54. The van der Waals surface area contributed by atoms with Gasteiger partial charge in [0.1, 0.15) is 0 Å². The number of aromatic nitrogens is 2. The van der Waals surface area contributed by atoms with Crippen LogP contribution in [-0.2, 0) is 0 Å². The molecule has 1 saturated heterocycles. The quantitative estimate of drug-likeness (QED) is 0.897. The highest BCUT2D eigenvalue weighted by atomic mass is 16.1. The first-order valence-corrected chi connectivity index (χ1v) is 6.92. The van der Waals surface area contributed by atoms with E-state index in [1.54, 1.807) is 24.5 Å². The number of nitrogens with zero attached hydrogens (tertiary/aromatic N) is 3. The van der Waals surface area contributed by atoms with Gasteiger partial charge in [-0.2, -0.15) is 0 Å². The van der Waals surface area contributed by atoms with Gasteiger partial charge in [0.25, 0.3) is 5.91 Å². The Morgan fingerprint density at radius 3 is 2.90 bits per heavy atom. The van der Waals surface area contributed by atoms with Crippen molar-refractivity contribution in [2.45, 2.75) is 18.9 Å². The van der Waals surface area contributed by atoms with Crippen molar-refractivity contribution in [3.63, 3.8) is 0 Å². The molecule has 0 unspecified atom stereocenters. The van der Waals surface area contributed by atoms with Crippen LogP contribution in [0.3, 0.4) is 0 Å². The molecule has 5 heteroatoms. The van der Waals surface area contributed by atoms with Crippen LogP contribution in [-0.4, -0.2) is 47.0 Å². The van der Waals surface area contributed by atoms with Crippen LogP contribution in [0.4, 0.5) is 0 Å². The Kier molecular flexibility index (Phi) is 3.60. The third-order valence-electron chi connectivity index (χ3n) is 3.69. The molecule has 3 rings (SSSR count). The Hall–Kier alpha value is -2.01. The fourth-order valence-electron chi connectivity index (χ4n) is 2.66. The van der Waals surface area contributed by atoms with E-state index >= 15 is 0 Å². The summed E-state index contributed by atoms with van der Waals surface area (Å²) in [4.78, 5) is 23.0. The Bertz CT molecular complexity index is 628. The first kappa shape index (κ1) is 13.0. The molecule has 1 fully saturated rings. The predicted molar refractivity (Wildman–Crippen MR) is 77.5 cm³/mol. The number of hydrogen-bond donors (Lipinski definition) is 1. The average molecular weight is 270 g/mol. The number of nitrogens with one attached hydrogen (secondary N) is 1. The normalized spacial score (nSPS) is 19.9. The van der Waals surface area contributed by atoms with Crippen molar-refractivity contribution in [3.8, 4) is 0 Å². The van der Waals surface area contributed by atoms with Gasteiger partial charge in [-0.1, -0.05) is 0 Å². The maximum atomic E-state index is 12.3. The van der Waals surface area contributed by atoms with Gasteiger partial charge in [-0.3, -0.25) is 14.8 Å². The molecule has 2 heterocycles. The number of rotatable bonds is 2. The van der Waals surface area contributed by atoms with Crippen LogP contribution in [0.1, 0.15) is 23.2 Å². The molecule has 0 spiro atoms. The van der Waals surface area contributed by atoms with Crippen LogP contribution < -0.4 is 5.32 Å². The summed E-state index contributed by atoms with van der Waals surface area (Å²) < 4.78 is 0. The van der Waals surface area contributed by atoms with Crippen LogP contribution in [0.15, 0.2) is 30.6 Å². The molecule has 1 amide bonds.